The molecule has 0 amide bonds. The van der Waals surface area contributed by atoms with Crippen LogP contribution in [-0.4, -0.2) is 62.3 Å². The molecule has 2 N–H and O–H groups in total. The average Bonchev–Trinajstić information content (AvgIpc) is 2.99. The Labute approximate surface area is 254 Å². The molecule has 42 heavy (non-hydrogen) atoms. The first-order valence-corrected chi connectivity index (χ1v) is 14.5. The fourth-order valence-corrected chi connectivity index (χ4v) is 5.62. The fourth-order valence-electron chi connectivity index (χ4n) is 5.28. The molecule has 0 aliphatic carbocycles. The van der Waals surface area contributed by atoms with Crippen LogP contribution < -0.4 is 20.1 Å². The van der Waals surface area contributed by atoms with Crippen LogP contribution in [0.25, 0.3) is 43.6 Å². The third-order valence-electron chi connectivity index (χ3n) is 7.48. The number of benzene rings is 4. The first-order valence-electron chi connectivity index (χ1n) is 13.7. The summed E-state index contributed by atoms with van der Waals surface area (Å²) in [6, 6.07) is 23.5. The van der Waals surface area contributed by atoms with E-state index in [4.69, 9.17) is 42.6 Å². The van der Waals surface area contributed by atoms with Gasteiger partial charge in [0.15, 0.2) is 0 Å². The second-order valence-electron chi connectivity index (χ2n) is 10.2. The number of anilines is 2. The number of nitrogens with one attached hydrogen (secondary N) is 2. The third kappa shape index (κ3) is 5.68. The van der Waals surface area contributed by atoms with E-state index in [1.165, 1.54) is 0 Å². The summed E-state index contributed by atoms with van der Waals surface area (Å²) < 4.78 is 11.0. The Morgan fingerprint density at radius 2 is 1.05 bits per heavy atom. The Morgan fingerprint density at radius 3 is 1.48 bits per heavy atom. The highest BCUT2D eigenvalue weighted by Crippen LogP contribution is 2.35. The predicted molar refractivity (Wildman–Crippen MR) is 176 cm³/mol. The number of pyridine rings is 2. The van der Waals surface area contributed by atoms with Gasteiger partial charge in [0.1, 0.15) is 11.5 Å². The number of aromatic nitrogens is 2. The number of methoxy groups -OCH3 is 2. The van der Waals surface area contributed by atoms with Crippen LogP contribution in [-0.2, 0) is 0 Å². The zero-order chi connectivity index (χ0) is 29.2. The molecule has 0 saturated heterocycles. The molecule has 0 aliphatic heterocycles. The van der Waals surface area contributed by atoms with Gasteiger partial charge in [0.05, 0.1) is 47.7 Å². The van der Waals surface area contributed by atoms with Crippen LogP contribution in [0.2, 0.25) is 10.0 Å². The van der Waals surface area contributed by atoms with Crippen LogP contribution in [0.5, 0.6) is 11.5 Å². The van der Waals surface area contributed by atoms with E-state index < -0.39 is 0 Å². The topological polar surface area (TPSA) is 71.5 Å². The van der Waals surface area contributed by atoms with E-state index in [9.17, 15) is 0 Å². The summed E-state index contributed by atoms with van der Waals surface area (Å²) in [5.41, 5.74) is 5.55. The number of hydrogen-bond donors (Lipinski definition) is 2. The Hall–Kier alpha value is -4.04. The molecule has 2 heterocycles. The molecule has 0 bridgehead atoms. The molecule has 6 rings (SSSR count). The van der Waals surface area contributed by atoms with Crippen molar-refractivity contribution in [3.63, 3.8) is 0 Å². The maximum Gasteiger partial charge on any atom is 0.119 e. The average molecular weight is 601 g/mol. The molecule has 7 nitrogen and oxygen atoms in total. The van der Waals surface area contributed by atoms with E-state index in [1.807, 2.05) is 72.8 Å². The molecule has 0 atom stereocenters. The van der Waals surface area contributed by atoms with E-state index in [-0.39, 0.29) is 0 Å². The van der Waals surface area contributed by atoms with Crippen LogP contribution in [0, 0.1) is 0 Å². The van der Waals surface area contributed by atoms with E-state index in [0.717, 1.165) is 92.7 Å². The fraction of sp³-hybridized carbons (Fsp3) is 0.212. The quantitative estimate of drug-likeness (QED) is 0.155. The minimum Gasteiger partial charge on any atom is -0.497 e. The van der Waals surface area contributed by atoms with Gasteiger partial charge in [-0.2, -0.15) is 0 Å². The van der Waals surface area contributed by atoms with Gasteiger partial charge in [-0.15, -0.1) is 0 Å². The van der Waals surface area contributed by atoms with Gasteiger partial charge in [0, 0.05) is 57.8 Å². The zero-order valence-corrected chi connectivity index (χ0v) is 25.2. The van der Waals surface area contributed by atoms with Crippen LogP contribution in [0.3, 0.4) is 0 Å². The van der Waals surface area contributed by atoms with Crippen molar-refractivity contribution < 1.29 is 9.47 Å². The number of hydrogen-bond acceptors (Lipinski definition) is 7. The maximum absolute atomic E-state index is 6.29. The molecule has 9 heteroatoms. The number of rotatable bonds is 10. The van der Waals surface area contributed by atoms with Gasteiger partial charge >= 0.3 is 0 Å². The Bertz CT molecular complexity index is 1790. The molecule has 0 spiro atoms. The summed E-state index contributed by atoms with van der Waals surface area (Å²) in [6.07, 6.45) is 0. The summed E-state index contributed by atoms with van der Waals surface area (Å²) >= 11 is 12.6. The molecule has 4 aromatic carbocycles. The van der Waals surface area contributed by atoms with E-state index >= 15 is 0 Å². The molecule has 0 fully saturated rings. The number of fused-ring (bicyclic) bond motifs is 4. The van der Waals surface area contributed by atoms with Crippen molar-refractivity contribution in [2.45, 2.75) is 0 Å². The van der Waals surface area contributed by atoms with Crippen molar-refractivity contribution in [1.82, 2.24) is 14.9 Å². The minimum atomic E-state index is 0.664. The lowest BCUT2D eigenvalue weighted by Crippen LogP contribution is -2.30. The number of ether oxygens (including phenoxy) is 2. The largest absolute Gasteiger partial charge is 0.497 e. The lowest BCUT2D eigenvalue weighted by Gasteiger charge is -2.20. The first-order chi connectivity index (χ1) is 20.4. The van der Waals surface area contributed by atoms with Crippen molar-refractivity contribution in [2.75, 3.05) is 58.1 Å². The molecular formula is C33H31Cl2N5O2. The van der Waals surface area contributed by atoms with Gasteiger partial charge in [0.25, 0.3) is 0 Å². The SMILES string of the molecule is COc1ccc2nc3cc(Cl)ccc3c(NCCN(C)CCNc3c4ccc(Cl)cc4nc4ccc(OC)cc34)c2c1. The first kappa shape index (κ1) is 28.1. The van der Waals surface area contributed by atoms with Crippen molar-refractivity contribution in [2.24, 2.45) is 0 Å². The zero-order valence-electron chi connectivity index (χ0n) is 23.7. The second kappa shape index (κ2) is 12.1. The minimum absolute atomic E-state index is 0.664. The molecular weight excluding hydrogens is 569 g/mol. The van der Waals surface area contributed by atoms with Crippen LogP contribution >= 0.6 is 23.2 Å². The summed E-state index contributed by atoms with van der Waals surface area (Å²) in [4.78, 5) is 12.0. The Kier molecular flexibility index (Phi) is 8.07. The van der Waals surface area contributed by atoms with Gasteiger partial charge in [-0.1, -0.05) is 23.2 Å². The van der Waals surface area contributed by atoms with E-state index in [1.54, 1.807) is 14.2 Å². The molecule has 0 unspecified atom stereocenters. The lowest BCUT2D eigenvalue weighted by molar-refractivity contribution is 0.361. The van der Waals surface area contributed by atoms with E-state index in [0.29, 0.717) is 10.0 Å². The van der Waals surface area contributed by atoms with E-state index in [2.05, 4.69) is 22.6 Å². The molecule has 2 aromatic heterocycles. The summed E-state index contributed by atoms with van der Waals surface area (Å²) in [6.45, 7) is 3.18. The number of nitrogens with zero attached hydrogens (tertiary/aromatic N) is 3. The van der Waals surface area contributed by atoms with Crippen molar-refractivity contribution >= 4 is 78.2 Å². The van der Waals surface area contributed by atoms with Gasteiger partial charge in [-0.3, -0.25) is 0 Å². The lowest BCUT2D eigenvalue weighted by atomic mass is 10.1. The molecule has 214 valence electrons. The van der Waals surface area contributed by atoms with Crippen LogP contribution in [0.4, 0.5) is 11.4 Å². The predicted octanol–water partition coefficient (Wildman–Crippen LogP) is 7.87. The summed E-state index contributed by atoms with van der Waals surface area (Å²) in [5.74, 6) is 1.58. The third-order valence-corrected chi connectivity index (χ3v) is 7.95. The Balaban J connectivity index is 1.18. The highest BCUT2D eigenvalue weighted by Gasteiger charge is 2.13. The number of halogens is 2. The van der Waals surface area contributed by atoms with Crippen molar-refractivity contribution in [1.29, 1.82) is 0 Å². The number of likely N-dealkylation sites (N-methyl/N-ethyl adjacent to an activating group) is 1. The molecule has 0 saturated carbocycles. The highest BCUT2D eigenvalue weighted by atomic mass is 35.5. The summed E-state index contributed by atoms with van der Waals surface area (Å²) in [7, 11) is 5.48. The molecule has 0 radical (unpaired) electrons. The van der Waals surface area contributed by atoms with Gasteiger partial charge < -0.3 is 25.0 Å². The summed E-state index contributed by atoms with van der Waals surface area (Å²) in [5, 5.41) is 12.7. The van der Waals surface area contributed by atoms with Gasteiger partial charge in [-0.05, 0) is 79.8 Å². The molecule has 6 aromatic rings. The molecule has 0 aliphatic rings. The monoisotopic (exact) mass is 599 g/mol. The maximum atomic E-state index is 6.29. The van der Waals surface area contributed by atoms with Crippen molar-refractivity contribution in [3.05, 3.63) is 82.8 Å². The van der Waals surface area contributed by atoms with Crippen LogP contribution in [0.15, 0.2) is 72.8 Å². The standard InChI is InChI=1S/C33H31Cl2N5O2/c1-40(14-12-36-32-24-8-4-20(34)16-30(24)38-28-10-6-22(41-2)18-26(28)32)15-13-37-33-25-9-5-21(35)17-31(25)39-29-11-7-23(42-3)19-27(29)33/h4-11,16-19H,12-15H2,1-3H3,(H,36,38)(H,37,39). The Morgan fingerprint density at radius 1 is 0.595 bits per heavy atom. The highest BCUT2D eigenvalue weighted by molar-refractivity contribution is 6.32. The normalized spacial score (nSPS) is 11.6. The van der Waals surface area contributed by atoms with Gasteiger partial charge in [-0.25, -0.2) is 9.97 Å². The second-order valence-corrected chi connectivity index (χ2v) is 11.1. The van der Waals surface area contributed by atoms with Gasteiger partial charge in [0.2, 0.25) is 0 Å². The smallest absolute Gasteiger partial charge is 0.119 e. The van der Waals surface area contributed by atoms with Crippen molar-refractivity contribution in [3.8, 4) is 11.5 Å². The van der Waals surface area contributed by atoms with Crippen LogP contribution in [0.1, 0.15) is 0 Å².